The van der Waals surface area contributed by atoms with Gasteiger partial charge in [-0.1, -0.05) is 0 Å². The van der Waals surface area contributed by atoms with E-state index in [0.29, 0.717) is 6.07 Å². The number of rotatable bonds is 2. The van der Waals surface area contributed by atoms with E-state index in [0.717, 1.165) is 12.1 Å². The number of nitrogens with one attached hydrogen (secondary N) is 1. The van der Waals surface area contributed by atoms with E-state index >= 15 is 0 Å². The van der Waals surface area contributed by atoms with Gasteiger partial charge in [0.15, 0.2) is 0 Å². The summed E-state index contributed by atoms with van der Waals surface area (Å²) >= 11 is 0. The highest BCUT2D eigenvalue weighted by molar-refractivity contribution is 5.56. The van der Waals surface area contributed by atoms with Crippen molar-refractivity contribution in [1.29, 1.82) is 0 Å². The van der Waals surface area contributed by atoms with Crippen LogP contribution < -0.4 is 5.32 Å². The largest absolute Gasteiger partial charge is 0.416 e. The van der Waals surface area contributed by atoms with Gasteiger partial charge in [0.1, 0.15) is 5.82 Å². The van der Waals surface area contributed by atoms with E-state index in [1.165, 1.54) is 7.05 Å². The van der Waals surface area contributed by atoms with Gasteiger partial charge in [0, 0.05) is 7.05 Å². The molecule has 0 fully saturated rings. The van der Waals surface area contributed by atoms with Crippen LogP contribution in [0.4, 0.5) is 23.5 Å². The van der Waals surface area contributed by atoms with Crippen molar-refractivity contribution < 1.29 is 22.1 Å². The molecule has 0 amide bonds. The van der Waals surface area contributed by atoms with Crippen LogP contribution in [0.5, 0.6) is 0 Å². The van der Waals surface area contributed by atoms with Crippen LogP contribution in [0, 0.1) is 5.82 Å². The molecular formula is C10H7F4N3O. The second-order valence-corrected chi connectivity index (χ2v) is 3.37. The van der Waals surface area contributed by atoms with E-state index in [9.17, 15) is 17.6 Å². The molecule has 4 nitrogen and oxygen atoms in total. The fourth-order valence-corrected chi connectivity index (χ4v) is 1.30. The molecule has 0 radical (unpaired) electrons. The van der Waals surface area contributed by atoms with Crippen LogP contribution in [0.15, 0.2) is 22.7 Å². The minimum Gasteiger partial charge on any atom is -0.355 e. The number of hydrogen-bond acceptors (Lipinski definition) is 4. The fraction of sp³-hybridized carbons (Fsp3) is 0.200. The van der Waals surface area contributed by atoms with Crippen LogP contribution in [0.3, 0.4) is 0 Å². The van der Waals surface area contributed by atoms with Crippen molar-refractivity contribution in [3.8, 4) is 11.5 Å². The maximum Gasteiger partial charge on any atom is 0.416 e. The molecule has 2 rings (SSSR count). The summed E-state index contributed by atoms with van der Waals surface area (Å²) in [4.78, 5) is 3.74. The Morgan fingerprint density at radius 3 is 2.50 bits per heavy atom. The lowest BCUT2D eigenvalue weighted by molar-refractivity contribution is -0.137. The van der Waals surface area contributed by atoms with Crippen LogP contribution in [0.25, 0.3) is 11.5 Å². The van der Waals surface area contributed by atoms with Gasteiger partial charge in [-0.05, 0) is 23.4 Å². The second-order valence-electron chi connectivity index (χ2n) is 3.37. The first-order valence-corrected chi connectivity index (χ1v) is 4.80. The first kappa shape index (κ1) is 12.3. The van der Waals surface area contributed by atoms with E-state index in [4.69, 9.17) is 4.52 Å². The number of benzene rings is 1. The zero-order valence-electron chi connectivity index (χ0n) is 9.05. The molecule has 8 heteroatoms. The van der Waals surface area contributed by atoms with Gasteiger partial charge in [0.2, 0.25) is 0 Å². The minimum atomic E-state index is -4.59. The maximum atomic E-state index is 13.5. The summed E-state index contributed by atoms with van der Waals surface area (Å²) in [5, 5.41) is 5.99. The molecular weight excluding hydrogens is 254 g/mol. The predicted octanol–water partition coefficient (Wildman–Crippen LogP) is 2.94. The Morgan fingerprint density at radius 2 is 2.00 bits per heavy atom. The number of anilines is 1. The molecule has 0 saturated heterocycles. The molecule has 0 spiro atoms. The minimum absolute atomic E-state index is 0.115. The highest BCUT2D eigenvalue weighted by Crippen LogP contribution is 2.32. The normalized spacial score (nSPS) is 11.6. The van der Waals surface area contributed by atoms with Gasteiger partial charge >= 0.3 is 6.18 Å². The highest BCUT2D eigenvalue weighted by Gasteiger charge is 2.31. The molecule has 0 saturated carbocycles. The summed E-state index contributed by atoms with van der Waals surface area (Å²) in [6.07, 6.45) is -4.59. The smallest absolute Gasteiger partial charge is 0.355 e. The van der Waals surface area contributed by atoms with E-state index in [2.05, 4.69) is 15.5 Å². The van der Waals surface area contributed by atoms with Crippen LogP contribution in [-0.2, 0) is 6.18 Å². The van der Waals surface area contributed by atoms with E-state index in [1.807, 2.05) is 0 Å². The Kier molecular flexibility index (Phi) is 2.93. The standard InChI is InChI=1S/C10H7F4N3O/c1-15-9-16-8(18-17-9)6-3-2-5(4-7(6)11)10(12,13)14/h2-4H,1H3,(H,15,17). The van der Waals surface area contributed by atoms with E-state index in [1.54, 1.807) is 0 Å². The summed E-state index contributed by atoms with van der Waals surface area (Å²) < 4.78 is 55.2. The van der Waals surface area contributed by atoms with Crippen molar-refractivity contribution in [2.24, 2.45) is 0 Å². The molecule has 1 N–H and O–H groups in total. The van der Waals surface area contributed by atoms with Gasteiger partial charge in [-0.25, -0.2) is 4.39 Å². The van der Waals surface area contributed by atoms with Crippen molar-refractivity contribution in [2.45, 2.75) is 6.18 Å². The van der Waals surface area contributed by atoms with Crippen molar-refractivity contribution in [1.82, 2.24) is 10.1 Å². The Hall–Kier alpha value is -2.12. The number of nitrogens with zero attached hydrogens (tertiary/aromatic N) is 2. The second kappa shape index (κ2) is 4.28. The monoisotopic (exact) mass is 261 g/mol. The topological polar surface area (TPSA) is 51.0 Å². The van der Waals surface area contributed by atoms with Gasteiger partial charge in [0.25, 0.3) is 11.8 Å². The lowest BCUT2D eigenvalue weighted by atomic mass is 10.1. The summed E-state index contributed by atoms with van der Waals surface area (Å²) in [6.45, 7) is 0. The SMILES string of the molecule is CNc1noc(-c2ccc(C(F)(F)F)cc2F)n1. The third-order valence-electron chi connectivity index (χ3n) is 2.18. The molecule has 0 aliphatic carbocycles. The lowest BCUT2D eigenvalue weighted by Gasteiger charge is -2.07. The Balaban J connectivity index is 2.41. The molecule has 0 aliphatic heterocycles. The fourth-order valence-electron chi connectivity index (χ4n) is 1.30. The average Bonchev–Trinajstić information content (AvgIpc) is 2.76. The Bertz CT molecular complexity index is 564. The van der Waals surface area contributed by atoms with Crippen LogP contribution in [0.1, 0.15) is 5.56 Å². The number of aromatic nitrogens is 2. The zero-order chi connectivity index (χ0) is 13.3. The van der Waals surface area contributed by atoms with Crippen molar-refractivity contribution >= 4 is 5.95 Å². The third kappa shape index (κ3) is 2.27. The number of halogens is 4. The summed E-state index contributed by atoms with van der Waals surface area (Å²) in [7, 11) is 1.53. The Morgan fingerprint density at radius 1 is 1.28 bits per heavy atom. The zero-order valence-corrected chi connectivity index (χ0v) is 9.05. The first-order chi connectivity index (χ1) is 8.41. The molecule has 0 unspecified atom stereocenters. The van der Waals surface area contributed by atoms with Gasteiger partial charge in [0.05, 0.1) is 11.1 Å². The van der Waals surface area contributed by atoms with Crippen LogP contribution in [-0.4, -0.2) is 17.2 Å². The van der Waals surface area contributed by atoms with Gasteiger partial charge < -0.3 is 9.84 Å². The van der Waals surface area contributed by atoms with Crippen molar-refractivity contribution in [3.63, 3.8) is 0 Å². The van der Waals surface area contributed by atoms with Crippen LogP contribution in [0.2, 0.25) is 0 Å². The first-order valence-electron chi connectivity index (χ1n) is 4.80. The van der Waals surface area contributed by atoms with Crippen molar-refractivity contribution in [2.75, 3.05) is 12.4 Å². The maximum absolute atomic E-state index is 13.5. The quantitative estimate of drug-likeness (QED) is 0.844. The third-order valence-corrected chi connectivity index (χ3v) is 2.18. The van der Waals surface area contributed by atoms with Gasteiger partial charge in [-0.15, -0.1) is 0 Å². The molecule has 2 aromatic rings. The van der Waals surface area contributed by atoms with Gasteiger partial charge in [-0.3, -0.25) is 0 Å². The van der Waals surface area contributed by atoms with E-state index < -0.39 is 17.6 Å². The molecule has 18 heavy (non-hydrogen) atoms. The molecule has 1 aromatic heterocycles. The van der Waals surface area contributed by atoms with Crippen LogP contribution >= 0.6 is 0 Å². The highest BCUT2D eigenvalue weighted by atomic mass is 19.4. The molecule has 0 aliphatic rings. The summed E-state index contributed by atoms with van der Waals surface area (Å²) in [5.41, 5.74) is -1.26. The average molecular weight is 261 g/mol. The molecule has 1 aromatic carbocycles. The summed E-state index contributed by atoms with van der Waals surface area (Å²) in [5.74, 6) is -1.15. The van der Waals surface area contributed by atoms with Gasteiger partial charge in [-0.2, -0.15) is 18.2 Å². The summed E-state index contributed by atoms with van der Waals surface area (Å²) in [6, 6.07) is 2.09. The predicted molar refractivity (Wildman–Crippen MR) is 54.2 cm³/mol. The molecule has 0 bridgehead atoms. The van der Waals surface area contributed by atoms with E-state index in [-0.39, 0.29) is 17.4 Å². The number of hydrogen-bond donors (Lipinski definition) is 1. The van der Waals surface area contributed by atoms with Crippen molar-refractivity contribution in [3.05, 3.63) is 29.6 Å². The molecule has 96 valence electrons. The lowest BCUT2D eigenvalue weighted by Crippen LogP contribution is -2.05. The number of alkyl halides is 3. The Labute approximate surface area is 98.6 Å². The molecule has 1 heterocycles. The molecule has 0 atom stereocenters.